The fraction of sp³-hybridized carbons (Fsp3) is 0.600. The average Bonchev–Trinajstić information content (AvgIpc) is 2.48. The first-order valence-corrected chi connectivity index (χ1v) is 7.00. The van der Waals surface area contributed by atoms with Crippen LogP contribution in [0.15, 0.2) is 24.3 Å². The van der Waals surface area contributed by atoms with E-state index in [0.29, 0.717) is 38.5 Å². The largest absolute Gasteiger partial charge is 0.389 e. The number of halogens is 1. The lowest BCUT2D eigenvalue weighted by molar-refractivity contribution is 0.0259. The van der Waals surface area contributed by atoms with Crippen molar-refractivity contribution < 1.29 is 23.7 Å². The Bertz CT molecular complexity index is 378. The second kappa shape index (κ2) is 11.6. The molecule has 0 aliphatic heterocycles. The van der Waals surface area contributed by atoms with Crippen LogP contribution in [0.3, 0.4) is 0 Å². The molecule has 1 unspecified atom stereocenters. The maximum absolute atomic E-state index is 13.3. The normalized spacial score (nSPS) is 12.5. The fourth-order valence-electron chi connectivity index (χ4n) is 1.64. The van der Waals surface area contributed by atoms with E-state index in [0.717, 1.165) is 0 Å². The van der Waals surface area contributed by atoms with E-state index in [4.69, 9.17) is 14.2 Å². The molecule has 120 valence electrons. The number of methoxy groups -OCH3 is 1. The summed E-state index contributed by atoms with van der Waals surface area (Å²) in [5, 5.41) is 12.7. The molecule has 1 aromatic carbocycles. The lowest BCUT2D eigenvalue weighted by Gasteiger charge is -2.12. The number of nitrogens with one attached hydrogen (secondary N) is 1. The van der Waals surface area contributed by atoms with Crippen molar-refractivity contribution in [2.24, 2.45) is 0 Å². The third-order valence-electron chi connectivity index (χ3n) is 2.76. The van der Waals surface area contributed by atoms with Crippen LogP contribution in [0, 0.1) is 5.82 Å². The number of aliphatic hydroxyl groups is 1. The zero-order valence-corrected chi connectivity index (χ0v) is 12.4. The highest BCUT2D eigenvalue weighted by Gasteiger charge is 2.05. The van der Waals surface area contributed by atoms with Gasteiger partial charge < -0.3 is 24.6 Å². The molecule has 0 saturated heterocycles. The van der Waals surface area contributed by atoms with E-state index in [2.05, 4.69) is 5.32 Å². The Morgan fingerprint density at radius 3 is 2.76 bits per heavy atom. The molecule has 1 atom stereocenters. The predicted molar refractivity (Wildman–Crippen MR) is 77.6 cm³/mol. The summed E-state index contributed by atoms with van der Waals surface area (Å²) >= 11 is 0. The SMILES string of the molecule is COCCOCCNCC(O)COCc1ccccc1F. The zero-order chi connectivity index (χ0) is 15.3. The summed E-state index contributed by atoms with van der Waals surface area (Å²) in [4.78, 5) is 0. The average molecular weight is 301 g/mol. The van der Waals surface area contributed by atoms with Gasteiger partial charge in [-0.05, 0) is 6.07 Å². The molecule has 5 nitrogen and oxygen atoms in total. The molecule has 0 radical (unpaired) electrons. The quantitative estimate of drug-likeness (QED) is 0.563. The molecule has 0 aliphatic carbocycles. The molecule has 0 aliphatic rings. The van der Waals surface area contributed by atoms with Gasteiger partial charge in [-0.15, -0.1) is 0 Å². The van der Waals surface area contributed by atoms with Crippen molar-refractivity contribution in [3.05, 3.63) is 35.6 Å². The van der Waals surface area contributed by atoms with Gasteiger partial charge in [-0.25, -0.2) is 4.39 Å². The Morgan fingerprint density at radius 1 is 1.19 bits per heavy atom. The van der Waals surface area contributed by atoms with E-state index in [1.54, 1.807) is 25.3 Å². The van der Waals surface area contributed by atoms with Gasteiger partial charge in [-0.1, -0.05) is 18.2 Å². The molecule has 0 fully saturated rings. The van der Waals surface area contributed by atoms with Crippen LogP contribution in [0.5, 0.6) is 0 Å². The van der Waals surface area contributed by atoms with E-state index < -0.39 is 6.10 Å². The molecule has 1 rings (SSSR count). The summed E-state index contributed by atoms with van der Waals surface area (Å²) in [5.41, 5.74) is 0.490. The highest BCUT2D eigenvalue weighted by atomic mass is 19.1. The highest BCUT2D eigenvalue weighted by molar-refractivity contribution is 5.16. The van der Waals surface area contributed by atoms with Crippen LogP contribution in [0.2, 0.25) is 0 Å². The number of benzene rings is 1. The van der Waals surface area contributed by atoms with Crippen LogP contribution >= 0.6 is 0 Å². The summed E-state index contributed by atoms with van der Waals surface area (Å²) in [6, 6.07) is 6.44. The summed E-state index contributed by atoms with van der Waals surface area (Å²) in [6.45, 7) is 3.07. The molecular formula is C15H24FNO4. The van der Waals surface area contributed by atoms with E-state index in [-0.39, 0.29) is 19.0 Å². The molecular weight excluding hydrogens is 277 g/mol. The first-order valence-electron chi connectivity index (χ1n) is 7.00. The Kier molecular flexibility index (Phi) is 9.94. The Morgan fingerprint density at radius 2 is 2.00 bits per heavy atom. The van der Waals surface area contributed by atoms with Gasteiger partial charge in [0.1, 0.15) is 5.82 Å². The van der Waals surface area contributed by atoms with Crippen LogP contribution < -0.4 is 5.32 Å². The number of aliphatic hydroxyl groups excluding tert-OH is 1. The van der Waals surface area contributed by atoms with Crippen LogP contribution in [0.4, 0.5) is 4.39 Å². The molecule has 2 N–H and O–H groups in total. The highest BCUT2D eigenvalue weighted by Crippen LogP contribution is 2.07. The minimum absolute atomic E-state index is 0.157. The molecule has 0 bridgehead atoms. The Hall–Kier alpha value is -1.05. The van der Waals surface area contributed by atoms with E-state index >= 15 is 0 Å². The second-order valence-electron chi connectivity index (χ2n) is 4.57. The monoisotopic (exact) mass is 301 g/mol. The number of hydrogen-bond acceptors (Lipinski definition) is 5. The van der Waals surface area contributed by atoms with E-state index in [1.165, 1.54) is 6.07 Å². The summed E-state index contributed by atoms with van der Waals surface area (Å²) in [6.07, 6.45) is -0.629. The number of ether oxygens (including phenoxy) is 3. The van der Waals surface area contributed by atoms with Crippen LogP contribution in [0.25, 0.3) is 0 Å². The van der Waals surface area contributed by atoms with Crippen molar-refractivity contribution in [2.45, 2.75) is 12.7 Å². The third kappa shape index (κ3) is 8.75. The van der Waals surface area contributed by atoms with Gasteiger partial charge in [0, 0.05) is 25.8 Å². The summed E-state index contributed by atoms with van der Waals surface area (Å²) < 4.78 is 28.7. The van der Waals surface area contributed by atoms with Gasteiger partial charge >= 0.3 is 0 Å². The second-order valence-corrected chi connectivity index (χ2v) is 4.57. The van der Waals surface area contributed by atoms with E-state index in [1.807, 2.05) is 0 Å². The number of hydrogen-bond donors (Lipinski definition) is 2. The standard InChI is InChI=1S/C15H24FNO4/c1-19-8-9-20-7-6-17-10-14(18)12-21-11-13-4-2-3-5-15(13)16/h2-5,14,17-18H,6-12H2,1H3. The van der Waals surface area contributed by atoms with Crippen molar-refractivity contribution in [3.63, 3.8) is 0 Å². The topological polar surface area (TPSA) is 60.0 Å². The molecule has 0 saturated carbocycles. The first kappa shape index (κ1) is 18.0. The van der Waals surface area contributed by atoms with Crippen LogP contribution in [-0.2, 0) is 20.8 Å². The van der Waals surface area contributed by atoms with Crippen molar-refractivity contribution in [1.29, 1.82) is 0 Å². The minimum atomic E-state index is -0.629. The molecule has 6 heteroatoms. The maximum atomic E-state index is 13.3. The van der Waals surface area contributed by atoms with Gasteiger partial charge in [-0.3, -0.25) is 0 Å². The maximum Gasteiger partial charge on any atom is 0.128 e. The summed E-state index contributed by atoms with van der Waals surface area (Å²) in [5.74, 6) is -0.293. The molecule has 0 amide bonds. The van der Waals surface area contributed by atoms with Gasteiger partial charge in [0.25, 0.3) is 0 Å². The Labute approximate surface area is 125 Å². The number of rotatable bonds is 12. The molecule has 21 heavy (non-hydrogen) atoms. The first-order chi connectivity index (χ1) is 10.2. The lowest BCUT2D eigenvalue weighted by atomic mass is 10.2. The van der Waals surface area contributed by atoms with Gasteiger partial charge in [0.2, 0.25) is 0 Å². The van der Waals surface area contributed by atoms with Crippen molar-refractivity contribution in [1.82, 2.24) is 5.32 Å². The molecule has 0 heterocycles. The van der Waals surface area contributed by atoms with Crippen molar-refractivity contribution in [2.75, 3.05) is 46.6 Å². The molecule has 1 aromatic rings. The van der Waals surface area contributed by atoms with Gasteiger partial charge in [-0.2, -0.15) is 0 Å². The minimum Gasteiger partial charge on any atom is -0.389 e. The smallest absolute Gasteiger partial charge is 0.128 e. The zero-order valence-electron chi connectivity index (χ0n) is 12.4. The third-order valence-corrected chi connectivity index (χ3v) is 2.76. The predicted octanol–water partition coefficient (Wildman–Crippen LogP) is 0.956. The lowest BCUT2D eigenvalue weighted by Crippen LogP contribution is -2.32. The molecule has 0 aromatic heterocycles. The Balaban J connectivity index is 1.99. The van der Waals surface area contributed by atoms with Crippen molar-refractivity contribution in [3.8, 4) is 0 Å². The van der Waals surface area contributed by atoms with Crippen LogP contribution in [0.1, 0.15) is 5.56 Å². The molecule has 0 spiro atoms. The summed E-state index contributed by atoms with van der Waals surface area (Å²) in [7, 11) is 1.62. The van der Waals surface area contributed by atoms with Gasteiger partial charge in [0.05, 0.1) is 39.1 Å². The van der Waals surface area contributed by atoms with E-state index in [9.17, 15) is 9.50 Å². The van der Waals surface area contributed by atoms with Crippen LogP contribution in [-0.4, -0.2) is 57.8 Å². The fourth-order valence-corrected chi connectivity index (χ4v) is 1.64. The van der Waals surface area contributed by atoms with Gasteiger partial charge in [0.15, 0.2) is 0 Å². The van der Waals surface area contributed by atoms with Crippen molar-refractivity contribution >= 4 is 0 Å².